The van der Waals surface area contributed by atoms with Gasteiger partial charge in [-0.2, -0.15) is 0 Å². The van der Waals surface area contributed by atoms with Crippen molar-refractivity contribution < 1.29 is 5.11 Å². The van der Waals surface area contributed by atoms with Gasteiger partial charge in [-0.1, -0.05) is 31.2 Å². The second-order valence-electron chi connectivity index (χ2n) is 3.32. The summed E-state index contributed by atoms with van der Waals surface area (Å²) in [5.74, 6) is 0. The quantitative estimate of drug-likeness (QED) is 0.740. The number of hydrogen-bond donors (Lipinski definition) is 2. The molecule has 3 N–H and O–H groups in total. The third-order valence-electron chi connectivity index (χ3n) is 2.31. The molecule has 0 saturated heterocycles. The Hall–Kier alpha value is -0.860. The molecule has 1 aromatic carbocycles. The van der Waals surface area contributed by atoms with Gasteiger partial charge in [-0.25, -0.2) is 0 Å². The molecular formula is C11H17NO. The van der Waals surface area contributed by atoms with Gasteiger partial charge in [0.2, 0.25) is 0 Å². The molecule has 0 aliphatic rings. The van der Waals surface area contributed by atoms with Crippen LogP contribution in [0, 0.1) is 0 Å². The molecule has 0 radical (unpaired) electrons. The van der Waals surface area contributed by atoms with Gasteiger partial charge < -0.3 is 10.8 Å². The summed E-state index contributed by atoms with van der Waals surface area (Å²) in [6.07, 6.45) is 0.462. The number of rotatable bonds is 3. The summed E-state index contributed by atoms with van der Waals surface area (Å²) in [4.78, 5) is 0. The topological polar surface area (TPSA) is 46.2 Å². The van der Waals surface area contributed by atoms with E-state index >= 15 is 0 Å². The summed E-state index contributed by atoms with van der Waals surface area (Å²) in [6, 6.07) is 7.72. The number of aliphatic hydroxyl groups is 1. The maximum atomic E-state index is 9.37. The fraction of sp³-hybridized carbons (Fsp3) is 0.455. The predicted molar refractivity (Wildman–Crippen MR) is 54.4 cm³/mol. The second-order valence-corrected chi connectivity index (χ2v) is 3.32. The molecule has 0 aliphatic carbocycles. The molecule has 0 bridgehead atoms. The van der Waals surface area contributed by atoms with Crippen LogP contribution in [0.15, 0.2) is 24.3 Å². The predicted octanol–water partition coefficient (Wildman–Crippen LogP) is 1.63. The highest BCUT2D eigenvalue weighted by atomic mass is 16.3. The summed E-state index contributed by atoms with van der Waals surface area (Å²) < 4.78 is 0. The van der Waals surface area contributed by atoms with E-state index in [1.165, 1.54) is 5.56 Å². The molecule has 0 amide bonds. The Morgan fingerprint density at radius 3 is 2.54 bits per heavy atom. The lowest BCUT2D eigenvalue weighted by Crippen LogP contribution is -2.24. The summed E-state index contributed by atoms with van der Waals surface area (Å²) in [6.45, 7) is 3.81. The molecule has 1 aromatic rings. The van der Waals surface area contributed by atoms with Gasteiger partial charge in [0, 0.05) is 0 Å². The number of benzene rings is 1. The van der Waals surface area contributed by atoms with E-state index in [1.54, 1.807) is 6.92 Å². The number of aryl methyl sites for hydroxylation is 1. The first-order valence-corrected chi connectivity index (χ1v) is 4.68. The fourth-order valence-corrected chi connectivity index (χ4v) is 1.44. The third kappa shape index (κ3) is 2.29. The van der Waals surface area contributed by atoms with Gasteiger partial charge in [0.1, 0.15) is 0 Å². The van der Waals surface area contributed by atoms with Gasteiger partial charge in [-0.15, -0.1) is 0 Å². The summed E-state index contributed by atoms with van der Waals surface area (Å²) in [5, 5.41) is 9.37. The highest BCUT2D eigenvalue weighted by Crippen LogP contribution is 2.19. The van der Waals surface area contributed by atoms with E-state index < -0.39 is 6.10 Å². The SMILES string of the molecule is CCc1ccccc1[C@H](N)C(C)O. The first-order valence-electron chi connectivity index (χ1n) is 4.68. The zero-order chi connectivity index (χ0) is 9.84. The van der Waals surface area contributed by atoms with Crippen molar-refractivity contribution in [3.05, 3.63) is 35.4 Å². The van der Waals surface area contributed by atoms with Crippen molar-refractivity contribution in [3.63, 3.8) is 0 Å². The first kappa shape index (κ1) is 10.2. The molecule has 1 rings (SSSR count). The zero-order valence-electron chi connectivity index (χ0n) is 8.20. The molecular weight excluding hydrogens is 162 g/mol. The lowest BCUT2D eigenvalue weighted by atomic mass is 9.96. The van der Waals surface area contributed by atoms with E-state index in [1.807, 2.05) is 18.2 Å². The van der Waals surface area contributed by atoms with Gasteiger partial charge >= 0.3 is 0 Å². The molecule has 0 aliphatic heterocycles. The summed E-state index contributed by atoms with van der Waals surface area (Å²) in [5.41, 5.74) is 8.14. The molecule has 0 heterocycles. The molecule has 1 unspecified atom stereocenters. The van der Waals surface area contributed by atoms with Crippen LogP contribution >= 0.6 is 0 Å². The van der Waals surface area contributed by atoms with Crippen LogP contribution < -0.4 is 5.73 Å². The van der Waals surface area contributed by atoms with Crippen molar-refractivity contribution in [1.82, 2.24) is 0 Å². The van der Waals surface area contributed by atoms with Crippen molar-refractivity contribution in [2.24, 2.45) is 5.73 Å². The number of nitrogens with two attached hydrogens (primary N) is 1. The molecule has 2 atom stereocenters. The van der Waals surface area contributed by atoms with E-state index in [-0.39, 0.29) is 6.04 Å². The lowest BCUT2D eigenvalue weighted by molar-refractivity contribution is 0.164. The summed E-state index contributed by atoms with van der Waals surface area (Å²) in [7, 11) is 0. The number of hydrogen-bond acceptors (Lipinski definition) is 2. The average molecular weight is 179 g/mol. The third-order valence-corrected chi connectivity index (χ3v) is 2.31. The molecule has 2 nitrogen and oxygen atoms in total. The molecule has 0 saturated carbocycles. The Balaban J connectivity index is 2.98. The van der Waals surface area contributed by atoms with E-state index in [4.69, 9.17) is 5.73 Å². The van der Waals surface area contributed by atoms with Gasteiger partial charge in [0.15, 0.2) is 0 Å². The van der Waals surface area contributed by atoms with Crippen LogP contribution in [-0.2, 0) is 6.42 Å². The Morgan fingerprint density at radius 2 is 2.00 bits per heavy atom. The Labute approximate surface area is 79.4 Å². The van der Waals surface area contributed by atoms with E-state index in [0.717, 1.165) is 12.0 Å². The maximum absolute atomic E-state index is 9.37. The van der Waals surface area contributed by atoms with Gasteiger partial charge in [-0.05, 0) is 24.5 Å². The minimum absolute atomic E-state index is 0.267. The van der Waals surface area contributed by atoms with Crippen LogP contribution in [0.5, 0.6) is 0 Å². The van der Waals surface area contributed by atoms with Crippen molar-refractivity contribution in [1.29, 1.82) is 0 Å². The average Bonchev–Trinajstić information content (AvgIpc) is 2.16. The molecule has 13 heavy (non-hydrogen) atoms. The Bertz CT molecular complexity index is 271. The maximum Gasteiger partial charge on any atom is 0.0704 e. The van der Waals surface area contributed by atoms with Crippen LogP contribution in [-0.4, -0.2) is 11.2 Å². The minimum atomic E-state index is -0.493. The smallest absolute Gasteiger partial charge is 0.0704 e. The van der Waals surface area contributed by atoms with E-state index in [2.05, 4.69) is 13.0 Å². The van der Waals surface area contributed by atoms with Crippen molar-refractivity contribution in [2.45, 2.75) is 32.4 Å². The second kappa shape index (κ2) is 4.40. The molecule has 0 fully saturated rings. The first-order chi connectivity index (χ1) is 6.16. The highest BCUT2D eigenvalue weighted by Gasteiger charge is 2.13. The Kier molecular flexibility index (Phi) is 3.46. The number of aliphatic hydroxyl groups excluding tert-OH is 1. The van der Waals surface area contributed by atoms with Gasteiger partial charge in [0.25, 0.3) is 0 Å². The Morgan fingerprint density at radius 1 is 1.38 bits per heavy atom. The normalized spacial score (nSPS) is 15.4. The molecule has 0 aromatic heterocycles. The van der Waals surface area contributed by atoms with Crippen LogP contribution in [0.3, 0.4) is 0 Å². The highest BCUT2D eigenvalue weighted by molar-refractivity contribution is 5.30. The zero-order valence-corrected chi connectivity index (χ0v) is 8.20. The van der Waals surface area contributed by atoms with Crippen molar-refractivity contribution >= 4 is 0 Å². The van der Waals surface area contributed by atoms with Gasteiger partial charge in [-0.3, -0.25) is 0 Å². The lowest BCUT2D eigenvalue weighted by Gasteiger charge is -2.18. The van der Waals surface area contributed by atoms with Crippen LogP contribution in [0.25, 0.3) is 0 Å². The largest absolute Gasteiger partial charge is 0.391 e. The minimum Gasteiger partial charge on any atom is -0.391 e. The van der Waals surface area contributed by atoms with Crippen molar-refractivity contribution in [3.8, 4) is 0 Å². The molecule has 0 spiro atoms. The van der Waals surface area contributed by atoms with Crippen LogP contribution in [0.4, 0.5) is 0 Å². The van der Waals surface area contributed by atoms with Gasteiger partial charge in [0.05, 0.1) is 12.1 Å². The monoisotopic (exact) mass is 179 g/mol. The van der Waals surface area contributed by atoms with E-state index in [9.17, 15) is 5.11 Å². The summed E-state index contributed by atoms with van der Waals surface area (Å²) >= 11 is 0. The van der Waals surface area contributed by atoms with Crippen LogP contribution in [0.1, 0.15) is 31.0 Å². The van der Waals surface area contributed by atoms with Crippen molar-refractivity contribution in [2.75, 3.05) is 0 Å². The van der Waals surface area contributed by atoms with E-state index in [0.29, 0.717) is 0 Å². The standard InChI is InChI=1S/C11H17NO/c1-3-9-6-4-5-7-10(9)11(12)8(2)13/h4-8,11,13H,3,12H2,1-2H3/t8?,11-/m1/s1. The molecule has 2 heteroatoms. The molecule has 72 valence electrons. The fourth-order valence-electron chi connectivity index (χ4n) is 1.44. The van der Waals surface area contributed by atoms with Crippen LogP contribution in [0.2, 0.25) is 0 Å².